The van der Waals surface area contributed by atoms with Crippen molar-refractivity contribution in [3.63, 3.8) is 0 Å². The second kappa shape index (κ2) is 5.81. The maximum Gasteiger partial charge on any atom is 0.175 e. The Kier molecular flexibility index (Phi) is 4.49. The lowest BCUT2D eigenvalue weighted by Gasteiger charge is -2.41. The van der Waals surface area contributed by atoms with Crippen LogP contribution in [0.4, 0.5) is 0 Å². The van der Waals surface area contributed by atoms with Crippen molar-refractivity contribution < 1.29 is 18.6 Å². The van der Waals surface area contributed by atoms with Crippen molar-refractivity contribution in [1.29, 1.82) is 0 Å². The van der Waals surface area contributed by atoms with Gasteiger partial charge in [-0.2, -0.15) is 0 Å². The topological polar surface area (TPSA) is 86.6 Å². The van der Waals surface area contributed by atoms with Gasteiger partial charge in [0.25, 0.3) is 0 Å². The van der Waals surface area contributed by atoms with Crippen LogP contribution in [-0.4, -0.2) is 43.6 Å². The van der Waals surface area contributed by atoms with Gasteiger partial charge in [0, 0.05) is 18.3 Å². The van der Waals surface area contributed by atoms with E-state index in [1.165, 1.54) is 12.1 Å². The SMILES string of the molecule is CS(=O)(=O)c1ccc(C(O)CNC2(CO)CCC2)cc1. The lowest BCUT2D eigenvalue weighted by molar-refractivity contribution is 0.0687. The number of hydrogen-bond acceptors (Lipinski definition) is 5. The maximum atomic E-state index is 11.4. The summed E-state index contributed by atoms with van der Waals surface area (Å²) in [7, 11) is -3.21. The van der Waals surface area contributed by atoms with Gasteiger partial charge in [-0.3, -0.25) is 0 Å². The van der Waals surface area contributed by atoms with Gasteiger partial charge < -0.3 is 15.5 Å². The Bertz CT molecular complexity index is 544. The fourth-order valence-electron chi connectivity index (χ4n) is 2.36. The molecule has 0 spiro atoms. The lowest BCUT2D eigenvalue weighted by atomic mass is 9.77. The Morgan fingerprint density at radius 1 is 1.30 bits per heavy atom. The minimum absolute atomic E-state index is 0.0761. The molecule has 0 amide bonds. The summed E-state index contributed by atoms with van der Waals surface area (Å²) in [6.07, 6.45) is 3.37. The molecule has 112 valence electrons. The predicted molar refractivity (Wildman–Crippen MR) is 76.2 cm³/mol. The summed E-state index contributed by atoms with van der Waals surface area (Å²) in [5, 5.41) is 22.6. The third-order valence-corrected chi connectivity index (χ3v) is 5.11. The van der Waals surface area contributed by atoms with Crippen LogP contribution in [0.5, 0.6) is 0 Å². The molecule has 1 aliphatic rings. The normalized spacial score (nSPS) is 19.4. The zero-order chi connectivity index (χ0) is 14.8. The van der Waals surface area contributed by atoms with Gasteiger partial charge in [-0.1, -0.05) is 12.1 Å². The molecule has 1 aliphatic carbocycles. The van der Waals surface area contributed by atoms with Crippen LogP contribution in [0.2, 0.25) is 0 Å². The van der Waals surface area contributed by atoms with Crippen LogP contribution in [0.1, 0.15) is 30.9 Å². The minimum Gasteiger partial charge on any atom is -0.394 e. The first-order chi connectivity index (χ1) is 9.36. The largest absolute Gasteiger partial charge is 0.394 e. The summed E-state index contributed by atoms with van der Waals surface area (Å²) in [4.78, 5) is 0.243. The molecule has 0 saturated heterocycles. The van der Waals surface area contributed by atoms with E-state index < -0.39 is 15.9 Å². The minimum atomic E-state index is -3.21. The summed E-state index contributed by atoms with van der Waals surface area (Å²) in [5.74, 6) is 0. The van der Waals surface area contributed by atoms with Crippen molar-refractivity contribution in [2.24, 2.45) is 0 Å². The fraction of sp³-hybridized carbons (Fsp3) is 0.571. The number of aliphatic hydroxyl groups is 2. The molecule has 1 aromatic rings. The smallest absolute Gasteiger partial charge is 0.175 e. The Balaban J connectivity index is 1.97. The van der Waals surface area contributed by atoms with E-state index in [-0.39, 0.29) is 17.0 Å². The van der Waals surface area contributed by atoms with Gasteiger partial charge in [0.1, 0.15) is 0 Å². The molecule has 1 saturated carbocycles. The predicted octanol–water partition coefficient (Wildman–Crippen LogP) is 0.628. The van der Waals surface area contributed by atoms with Crippen LogP contribution in [-0.2, 0) is 9.84 Å². The fourth-order valence-corrected chi connectivity index (χ4v) is 2.99. The third kappa shape index (κ3) is 3.38. The summed E-state index contributed by atoms with van der Waals surface area (Å²) < 4.78 is 22.7. The number of nitrogens with one attached hydrogen (secondary N) is 1. The first kappa shape index (κ1) is 15.4. The Morgan fingerprint density at radius 3 is 2.30 bits per heavy atom. The van der Waals surface area contributed by atoms with E-state index in [1.54, 1.807) is 12.1 Å². The van der Waals surface area contributed by atoms with E-state index in [2.05, 4.69) is 5.32 Å². The molecular weight excluding hydrogens is 278 g/mol. The Morgan fingerprint density at radius 2 is 1.90 bits per heavy atom. The number of sulfone groups is 1. The first-order valence-corrected chi connectivity index (χ1v) is 8.59. The van der Waals surface area contributed by atoms with Gasteiger partial charge >= 0.3 is 0 Å². The summed E-state index contributed by atoms with van der Waals surface area (Å²) >= 11 is 0. The first-order valence-electron chi connectivity index (χ1n) is 6.70. The molecule has 0 bridgehead atoms. The quantitative estimate of drug-likeness (QED) is 0.717. The van der Waals surface area contributed by atoms with Gasteiger partial charge in [-0.25, -0.2) is 8.42 Å². The average molecular weight is 299 g/mol. The van der Waals surface area contributed by atoms with Crippen LogP contribution < -0.4 is 5.32 Å². The molecule has 1 unspecified atom stereocenters. The molecule has 20 heavy (non-hydrogen) atoms. The zero-order valence-electron chi connectivity index (χ0n) is 11.5. The molecule has 5 nitrogen and oxygen atoms in total. The number of β-amino-alcohol motifs (C(OH)–C–C–N with tert-alkyl or cyclic N) is 1. The van der Waals surface area contributed by atoms with Crippen LogP contribution in [0.25, 0.3) is 0 Å². The molecule has 1 aromatic carbocycles. The molecule has 0 radical (unpaired) electrons. The van der Waals surface area contributed by atoms with E-state index >= 15 is 0 Å². The van der Waals surface area contributed by atoms with Gasteiger partial charge in [0.15, 0.2) is 9.84 Å². The number of benzene rings is 1. The van der Waals surface area contributed by atoms with E-state index in [0.717, 1.165) is 25.5 Å². The van der Waals surface area contributed by atoms with E-state index in [9.17, 15) is 18.6 Å². The molecule has 0 heterocycles. The van der Waals surface area contributed by atoms with Crippen molar-refractivity contribution in [3.8, 4) is 0 Å². The number of rotatable bonds is 6. The van der Waals surface area contributed by atoms with Crippen molar-refractivity contribution in [2.75, 3.05) is 19.4 Å². The Hall–Kier alpha value is -0.950. The molecule has 1 atom stereocenters. The summed E-state index contributed by atoms with van der Waals surface area (Å²) in [6.45, 7) is 0.422. The van der Waals surface area contributed by atoms with Crippen molar-refractivity contribution in [2.45, 2.75) is 35.8 Å². The van der Waals surface area contributed by atoms with Crippen molar-refractivity contribution in [1.82, 2.24) is 5.32 Å². The molecular formula is C14H21NO4S. The zero-order valence-corrected chi connectivity index (χ0v) is 12.4. The summed E-state index contributed by atoms with van der Waals surface area (Å²) in [5.41, 5.74) is 0.422. The molecule has 1 fully saturated rings. The van der Waals surface area contributed by atoms with Crippen molar-refractivity contribution in [3.05, 3.63) is 29.8 Å². The highest BCUT2D eigenvalue weighted by molar-refractivity contribution is 7.90. The number of hydrogen-bond donors (Lipinski definition) is 3. The van der Waals surface area contributed by atoms with Gasteiger partial charge in [-0.05, 0) is 37.0 Å². The van der Waals surface area contributed by atoms with Gasteiger partial charge in [0.05, 0.1) is 17.6 Å². The lowest BCUT2D eigenvalue weighted by Crippen LogP contribution is -2.54. The second-order valence-electron chi connectivity index (χ2n) is 5.53. The van der Waals surface area contributed by atoms with Gasteiger partial charge in [0.2, 0.25) is 0 Å². The third-order valence-electron chi connectivity index (χ3n) is 3.98. The number of aliphatic hydroxyl groups excluding tert-OH is 2. The average Bonchev–Trinajstić information content (AvgIpc) is 2.37. The molecule has 0 aromatic heterocycles. The molecule has 6 heteroatoms. The highest BCUT2D eigenvalue weighted by atomic mass is 32.2. The van der Waals surface area contributed by atoms with Crippen LogP contribution in [0.3, 0.4) is 0 Å². The van der Waals surface area contributed by atoms with Crippen molar-refractivity contribution >= 4 is 9.84 Å². The standard InChI is InChI=1S/C14H21NO4S/c1-20(18,19)12-5-3-11(4-6-12)13(17)9-15-14(10-16)7-2-8-14/h3-6,13,15-17H,2,7-10H2,1H3. The highest BCUT2D eigenvalue weighted by Crippen LogP contribution is 2.31. The molecule has 0 aliphatic heterocycles. The van der Waals surface area contributed by atoms with E-state index in [0.29, 0.717) is 12.1 Å². The van der Waals surface area contributed by atoms with E-state index in [4.69, 9.17) is 0 Å². The summed E-state index contributed by atoms with van der Waals surface area (Å²) in [6, 6.07) is 6.24. The van der Waals surface area contributed by atoms with Crippen LogP contribution in [0.15, 0.2) is 29.2 Å². The monoisotopic (exact) mass is 299 g/mol. The highest BCUT2D eigenvalue weighted by Gasteiger charge is 2.36. The van der Waals surface area contributed by atoms with Crippen LogP contribution in [0, 0.1) is 0 Å². The molecule has 2 rings (SSSR count). The van der Waals surface area contributed by atoms with Crippen LogP contribution >= 0.6 is 0 Å². The second-order valence-corrected chi connectivity index (χ2v) is 7.55. The van der Waals surface area contributed by atoms with Gasteiger partial charge in [-0.15, -0.1) is 0 Å². The Labute approximate surface area is 119 Å². The molecule has 3 N–H and O–H groups in total. The maximum absolute atomic E-state index is 11.4. The van der Waals surface area contributed by atoms with E-state index in [1.807, 2.05) is 0 Å².